The number of aliphatic hydroxyl groups is 1. The van der Waals surface area contributed by atoms with Gasteiger partial charge in [0.05, 0.1) is 31.7 Å². The van der Waals surface area contributed by atoms with Gasteiger partial charge >= 0.3 is 13.2 Å². The number of carbonyl (C=O) groups excluding carboxylic acids is 3. The van der Waals surface area contributed by atoms with Crippen LogP contribution in [0.4, 0.5) is 4.79 Å². The second kappa shape index (κ2) is 10.8. The lowest BCUT2D eigenvalue weighted by Gasteiger charge is -2.42. The minimum absolute atomic E-state index is 0.104. The number of phenolic OH excluding ortho intramolecular Hbond substituents is 1. The first-order valence-electron chi connectivity index (χ1n) is 12.7. The lowest BCUT2D eigenvalue weighted by molar-refractivity contribution is -0.137. The number of ether oxygens (including phenoxy) is 1. The average molecular weight is 511 g/mol. The van der Waals surface area contributed by atoms with Gasteiger partial charge in [-0.1, -0.05) is 18.6 Å². The fourth-order valence-electron chi connectivity index (χ4n) is 6.16. The minimum Gasteiger partial charge on any atom is -0.507 e. The Bertz CT molecular complexity index is 1150. The van der Waals surface area contributed by atoms with E-state index in [1.807, 2.05) is 26.0 Å². The van der Waals surface area contributed by atoms with E-state index in [4.69, 9.17) is 4.65 Å². The zero-order chi connectivity index (χ0) is 27.0. The molecule has 198 valence electrons. The number of methoxy groups -OCH3 is 1. The molecule has 0 bridgehead atoms. The van der Waals surface area contributed by atoms with Crippen LogP contribution < -0.4 is 0 Å². The summed E-state index contributed by atoms with van der Waals surface area (Å²) >= 11 is 0. The first-order valence-corrected chi connectivity index (χ1v) is 12.7. The molecule has 4 rings (SSSR count). The summed E-state index contributed by atoms with van der Waals surface area (Å²) in [4.78, 5) is 38.8. The summed E-state index contributed by atoms with van der Waals surface area (Å²) in [5.74, 6) is -3.06. The second-order valence-electron chi connectivity index (χ2n) is 10.2. The number of likely N-dealkylation sites (tertiary alicyclic amines) is 1. The second-order valence-corrected chi connectivity index (χ2v) is 10.2. The van der Waals surface area contributed by atoms with Crippen molar-refractivity contribution in [1.82, 2.24) is 4.90 Å². The van der Waals surface area contributed by atoms with Gasteiger partial charge in [0.25, 0.3) is 0 Å². The SMILES string of the molecule is CC/C(=C\c1cc(C)c(O)c(C)c1)CC[C@H]1OB(O)C[C@H]2C1=C(CO)C[C@H]1C(=O)N(C(=O)OC)C(=O)[C@H]12. The number of benzene rings is 1. The number of imide groups is 3. The van der Waals surface area contributed by atoms with Gasteiger partial charge in [-0.15, -0.1) is 0 Å². The van der Waals surface area contributed by atoms with Gasteiger partial charge in [0.1, 0.15) is 5.75 Å². The van der Waals surface area contributed by atoms with Gasteiger partial charge < -0.3 is 24.6 Å². The first-order chi connectivity index (χ1) is 17.6. The highest BCUT2D eigenvalue weighted by molar-refractivity contribution is 6.43. The Morgan fingerprint density at radius 3 is 2.49 bits per heavy atom. The molecule has 4 atom stereocenters. The maximum Gasteiger partial charge on any atom is 0.455 e. The number of hydrogen-bond acceptors (Lipinski definition) is 8. The largest absolute Gasteiger partial charge is 0.507 e. The van der Waals surface area contributed by atoms with E-state index >= 15 is 0 Å². The van der Waals surface area contributed by atoms with Gasteiger partial charge in [0.15, 0.2) is 0 Å². The molecule has 0 aromatic heterocycles. The lowest BCUT2D eigenvalue weighted by Crippen LogP contribution is -2.46. The van der Waals surface area contributed by atoms with Gasteiger partial charge in [-0.25, -0.2) is 4.79 Å². The summed E-state index contributed by atoms with van der Waals surface area (Å²) < 4.78 is 10.6. The van der Waals surface area contributed by atoms with Gasteiger partial charge in [-0.05, 0) is 91.7 Å². The van der Waals surface area contributed by atoms with Crippen LogP contribution in [-0.2, 0) is 19.0 Å². The number of amides is 3. The molecule has 1 aromatic rings. The Morgan fingerprint density at radius 1 is 1.22 bits per heavy atom. The van der Waals surface area contributed by atoms with Crippen LogP contribution in [0, 0.1) is 31.6 Å². The molecule has 37 heavy (non-hydrogen) atoms. The maximum atomic E-state index is 13.2. The van der Waals surface area contributed by atoms with Gasteiger partial charge in [0, 0.05) is 0 Å². The molecule has 2 saturated heterocycles. The van der Waals surface area contributed by atoms with E-state index < -0.39 is 48.9 Å². The van der Waals surface area contributed by atoms with Crippen LogP contribution in [0.5, 0.6) is 5.75 Å². The topological polar surface area (TPSA) is 134 Å². The van der Waals surface area contributed by atoms with E-state index in [0.717, 1.165) is 41.4 Å². The van der Waals surface area contributed by atoms with E-state index in [1.165, 1.54) is 0 Å². The summed E-state index contributed by atoms with van der Waals surface area (Å²) in [6.07, 6.45) is 2.75. The molecular formula is C27H34BNO8. The summed E-state index contributed by atoms with van der Waals surface area (Å²) in [6.45, 7) is 5.48. The van der Waals surface area contributed by atoms with E-state index in [0.29, 0.717) is 23.3 Å². The van der Waals surface area contributed by atoms with Gasteiger partial charge in [-0.2, -0.15) is 4.90 Å². The smallest absolute Gasteiger partial charge is 0.455 e. The number of carbonyl (C=O) groups is 3. The third-order valence-corrected chi connectivity index (χ3v) is 7.92. The molecule has 10 heteroatoms. The van der Waals surface area contributed by atoms with Crippen molar-refractivity contribution in [2.75, 3.05) is 13.7 Å². The molecule has 2 aliphatic heterocycles. The maximum absolute atomic E-state index is 13.2. The third-order valence-electron chi connectivity index (χ3n) is 7.92. The van der Waals surface area contributed by atoms with Crippen molar-refractivity contribution in [2.45, 2.75) is 58.9 Å². The molecule has 1 aliphatic carbocycles. The van der Waals surface area contributed by atoms with Crippen LogP contribution in [0.3, 0.4) is 0 Å². The monoisotopic (exact) mass is 511 g/mol. The lowest BCUT2D eigenvalue weighted by atomic mass is 9.58. The first kappa shape index (κ1) is 27.1. The van der Waals surface area contributed by atoms with E-state index in [2.05, 4.69) is 17.7 Å². The number of nitrogens with zero attached hydrogens (tertiary/aromatic N) is 1. The summed E-state index contributed by atoms with van der Waals surface area (Å²) in [7, 11) is -0.0226. The van der Waals surface area contributed by atoms with Crippen molar-refractivity contribution in [2.24, 2.45) is 17.8 Å². The Balaban J connectivity index is 1.61. The molecule has 0 unspecified atom stereocenters. The Hall–Kier alpha value is -2.95. The molecule has 3 amide bonds. The van der Waals surface area contributed by atoms with Crippen LogP contribution in [0.15, 0.2) is 28.9 Å². The number of hydrogen-bond donors (Lipinski definition) is 3. The third kappa shape index (κ3) is 4.97. The number of aryl methyl sites for hydroxylation is 2. The van der Waals surface area contributed by atoms with Crippen molar-refractivity contribution >= 4 is 31.1 Å². The number of fused-ring (bicyclic) bond motifs is 3. The highest BCUT2D eigenvalue weighted by Crippen LogP contribution is 2.50. The number of allylic oxidation sites excluding steroid dienone is 1. The molecule has 9 nitrogen and oxygen atoms in total. The molecule has 0 saturated carbocycles. The molecule has 1 aromatic carbocycles. The van der Waals surface area contributed by atoms with Crippen molar-refractivity contribution in [1.29, 1.82) is 0 Å². The van der Waals surface area contributed by atoms with Gasteiger partial charge in [-0.3, -0.25) is 9.59 Å². The zero-order valence-corrected chi connectivity index (χ0v) is 21.7. The van der Waals surface area contributed by atoms with Crippen LogP contribution in [0.1, 0.15) is 49.3 Å². The average Bonchev–Trinajstić information content (AvgIpc) is 3.13. The Labute approximate surface area is 216 Å². The van der Waals surface area contributed by atoms with E-state index in [-0.39, 0.29) is 25.1 Å². The van der Waals surface area contributed by atoms with E-state index in [9.17, 15) is 29.6 Å². The highest BCUT2D eigenvalue weighted by Gasteiger charge is 2.59. The standard InChI is InChI=1S/C27H34BNO8/c1-5-16(10-17-8-14(2)24(31)15(3)9-17)6-7-21-22-18(13-30)11-19-23(20(22)12-28(35)37-21)26(33)29(25(19)32)27(34)36-4/h8-10,19-21,23,30-31,35H,5-7,11-13H2,1-4H3/b16-10+/t19-,20+,21-,23-/m1/s1. The number of phenols is 1. The summed E-state index contributed by atoms with van der Waals surface area (Å²) in [5.41, 5.74) is 5.12. The predicted molar refractivity (Wildman–Crippen MR) is 136 cm³/mol. The minimum atomic E-state index is -1.14. The molecule has 2 heterocycles. The fourth-order valence-corrected chi connectivity index (χ4v) is 6.16. The number of aliphatic hydroxyl groups excluding tert-OH is 1. The molecule has 0 radical (unpaired) electrons. The highest BCUT2D eigenvalue weighted by atomic mass is 16.5. The van der Waals surface area contributed by atoms with Crippen LogP contribution in [0.25, 0.3) is 6.08 Å². The Morgan fingerprint density at radius 2 is 1.89 bits per heavy atom. The molecule has 2 fully saturated rings. The Kier molecular flexibility index (Phi) is 7.92. The molecule has 3 N–H and O–H groups in total. The molecular weight excluding hydrogens is 477 g/mol. The van der Waals surface area contributed by atoms with Crippen LogP contribution in [-0.4, -0.2) is 65.0 Å². The predicted octanol–water partition coefficient (Wildman–Crippen LogP) is 3.14. The van der Waals surface area contributed by atoms with Crippen molar-refractivity contribution in [3.05, 3.63) is 45.5 Å². The molecule has 3 aliphatic rings. The number of rotatable bonds is 6. The fraction of sp³-hybridized carbons (Fsp3) is 0.519. The van der Waals surface area contributed by atoms with Crippen molar-refractivity contribution in [3.63, 3.8) is 0 Å². The normalized spacial score (nSPS) is 25.9. The van der Waals surface area contributed by atoms with Gasteiger partial charge in [0.2, 0.25) is 11.8 Å². The van der Waals surface area contributed by atoms with Crippen LogP contribution in [0.2, 0.25) is 6.32 Å². The van der Waals surface area contributed by atoms with Crippen molar-refractivity contribution in [3.8, 4) is 5.75 Å². The number of aromatic hydroxyl groups is 1. The van der Waals surface area contributed by atoms with E-state index in [1.54, 1.807) is 0 Å². The summed E-state index contributed by atoms with van der Waals surface area (Å²) in [5, 5.41) is 30.8. The molecule has 0 spiro atoms. The van der Waals surface area contributed by atoms with Crippen molar-refractivity contribution < 1.29 is 39.0 Å². The van der Waals surface area contributed by atoms with Crippen LogP contribution >= 0.6 is 0 Å². The summed E-state index contributed by atoms with van der Waals surface area (Å²) in [6, 6.07) is 3.86. The zero-order valence-electron chi connectivity index (χ0n) is 21.7. The quantitative estimate of drug-likeness (QED) is 0.301.